The number of hydrogen-bond acceptors (Lipinski definition) is 4. The van der Waals surface area contributed by atoms with Gasteiger partial charge in [0.05, 0.1) is 0 Å². The first kappa shape index (κ1) is 11.1. The molecule has 0 radical (unpaired) electrons. The molecule has 1 aromatic heterocycles. The average molecular weight is 233 g/mol. The number of aromatic nitrogens is 1. The molecule has 3 N–H and O–H groups in total. The SMILES string of the molecule is Cc1ccc(N)c(CNCc2nccs2)c1. The van der Waals surface area contributed by atoms with E-state index in [4.69, 9.17) is 5.73 Å². The lowest BCUT2D eigenvalue weighted by atomic mass is 10.1. The molecule has 0 fully saturated rings. The predicted octanol–water partition coefficient (Wildman–Crippen LogP) is 2.32. The molecule has 0 atom stereocenters. The van der Waals surface area contributed by atoms with Crippen LogP contribution in [0.4, 0.5) is 5.69 Å². The summed E-state index contributed by atoms with van der Waals surface area (Å²) in [6.07, 6.45) is 1.82. The van der Waals surface area contributed by atoms with Gasteiger partial charge in [0, 0.05) is 30.4 Å². The van der Waals surface area contributed by atoms with Crippen molar-refractivity contribution in [1.82, 2.24) is 10.3 Å². The molecule has 0 aliphatic carbocycles. The standard InChI is InChI=1S/C12H15N3S/c1-9-2-3-11(13)10(6-9)7-14-8-12-15-4-5-16-12/h2-6,14H,7-8,13H2,1H3. The van der Waals surface area contributed by atoms with Crippen molar-refractivity contribution < 1.29 is 0 Å². The van der Waals surface area contributed by atoms with Crippen molar-refractivity contribution in [3.05, 3.63) is 45.9 Å². The normalized spacial score (nSPS) is 10.6. The average Bonchev–Trinajstić information content (AvgIpc) is 2.76. The van der Waals surface area contributed by atoms with Crippen LogP contribution in [0.3, 0.4) is 0 Å². The van der Waals surface area contributed by atoms with E-state index in [1.165, 1.54) is 5.56 Å². The van der Waals surface area contributed by atoms with Gasteiger partial charge in [0.1, 0.15) is 5.01 Å². The third-order valence-corrected chi connectivity index (χ3v) is 3.15. The minimum Gasteiger partial charge on any atom is -0.398 e. The Hall–Kier alpha value is -1.39. The van der Waals surface area contributed by atoms with Gasteiger partial charge >= 0.3 is 0 Å². The third kappa shape index (κ3) is 2.81. The molecular weight excluding hydrogens is 218 g/mol. The molecule has 0 saturated heterocycles. The van der Waals surface area contributed by atoms with E-state index >= 15 is 0 Å². The van der Waals surface area contributed by atoms with Crippen LogP contribution in [0.25, 0.3) is 0 Å². The monoisotopic (exact) mass is 233 g/mol. The molecule has 1 aromatic carbocycles. The lowest BCUT2D eigenvalue weighted by molar-refractivity contribution is 0.691. The van der Waals surface area contributed by atoms with Crippen LogP contribution in [0.1, 0.15) is 16.1 Å². The molecule has 3 nitrogen and oxygen atoms in total. The molecule has 0 aliphatic heterocycles. The van der Waals surface area contributed by atoms with Crippen molar-refractivity contribution in [2.45, 2.75) is 20.0 Å². The smallest absolute Gasteiger partial charge is 0.106 e. The maximum atomic E-state index is 5.90. The van der Waals surface area contributed by atoms with E-state index in [0.717, 1.165) is 29.3 Å². The fraction of sp³-hybridized carbons (Fsp3) is 0.250. The number of rotatable bonds is 4. The fourth-order valence-electron chi connectivity index (χ4n) is 1.53. The molecule has 2 aromatic rings. The zero-order valence-electron chi connectivity index (χ0n) is 9.23. The zero-order chi connectivity index (χ0) is 11.4. The second-order valence-corrected chi connectivity index (χ2v) is 4.71. The summed E-state index contributed by atoms with van der Waals surface area (Å²) in [7, 11) is 0. The van der Waals surface area contributed by atoms with Gasteiger partial charge in [-0.15, -0.1) is 11.3 Å². The number of hydrogen-bond donors (Lipinski definition) is 2. The van der Waals surface area contributed by atoms with Crippen molar-refractivity contribution >= 4 is 17.0 Å². The van der Waals surface area contributed by atoms with Gasteiger partial charge < -0.3 is 11.1 Å². The number of nitrogen functional groups attached to an aromatic ring is 1. The van der Waals surface area contributed by atoms with Crippen molar-refractivity contribution in [2.24, 2.45) is 0 Å². The molecule has 0 amide bonds. The molecular formula is C12H15N3S. The van der Waals surface area contributed by atoms with Gasteiger partial charge in [0.15, 0.2) is 0 Å². The van der Waals surface area contributed by atoms with E-state index in [0.29, 0.717) is 0 Å². The van der Waals surface area contributed by atoms with Crippen LogP contribution in [0.5, 0.6) is 0 Å². The topological polar surface area (TPSA) is 50.9 Å². The Morgan fingerprint density at radius 1 is 1.38 bits per heavy atom. The first-order valence-electron chi connectivity index (χ1n) is 5.20. The van der Waals surface area contributed by atoms with Crippen LogP contribution in [0, 0.1) is 6.92 Å². The summed E-state index contributed by atoms with van der Waals surface area (Å²) in [5.74, 6) is 0. The summed E-state index contributed by atoms with van der Waals surface area (Å²) in [4.78, 5) is 4.21. The van der Waals surface area contributed by atoms with E-state index in [9.17, 15) is 0 Å². The lowest BCUT2D eigenvalue weighted by Gasteiger charge is -2.07. The van der Waals surface area contributed by atoms with E-state index in [1.807, 2.05) is 23.7 Å². The Balaban J connectivity index is 1.92. The van der Waals surface area contributed by atoms with Crippen LogP contribution < -0.4 is 11.1 Å². The van der Waals surface area contributed by atoms with Crippen molar-refractivity contribution in [3.8, 4) is 0 Å². The van der Waals surface area contributed by atoms with Crippen LogP contribution in [-0.2, 0) is 13.1 Å². The van der Waals surface area contributed by atoms with Gasteiger partial charge in [-0.3, -0.25) is 0 Å². The number of nitrogens with two attached hydrogens (primary N) is 1. The Bertz CT molecular complexity index is 451. The Kier molecular flexibility index (Phi) is 3.54. The summed E-state index contributed by atoms with van der Waals surface area (Å²) >= 11 is 1.66. The first-order valence-corrected chi connectivity index (χ1v) is 6.08. The van der Waals surface area contributed by atoms with E-state index in [-0.39, 0.29) is 0 Å². The number of benzene rings is 1. The van der Waals surface area contributed by atoms with Gasteiger partial charge in [0.25, 0.3) is 0 Å². The summed E-state index contributed by atoms with van der Waals surface area (Å²) < 4.78 is 0. The summed E-state index contributed by atoms with van der Waals surface area (Å²) in [6, 6.07) is 6.10. The predicted molar refractivity (Wildman–Crippen MR) is 68.2 cm³/mol. The molecule has 2 rings (SSSR count). The molecule has 0 bridgehead atoms. The van der Waals surface area contributed by atoms with Gasteiger partial charge in [-0.05, 0) is 18.6 Å². The summed E-state index contributed by atoms with van der Waals surface area (Å²) in [5, 5.41) is 6.43. The van der Waals surface area contributed by atoms with Crippen LogP contribution in [0.15, 0.2) is 29.8 Å². The maximum Gasteiger partial charge on any atom is 0.106 e. The molecule has 0 aliphatic rings. The highest BCUT2D eigenvalue weighted by atomic mass is 32.1. The molecule has 4 heteroatoms. The first-order chi connectivity index (χ1) is 7.75. The lowest BCUT2D eigenvalue weighted by Crippen LogP contribution is -2.13. The minimum atomic E-state index is 0.785. The number of thiazole rings is 1. The second-order valence-electron chi connectivity index (χ2n) is 3.73. The Morgan fingerprint density at radius 2 is 2.25 bits per heavy atom. The highest BCUT2D eigenvalue weighted by molar-refractivity contribution is 7.09. The highest BCUT2D eigenvalue weighted by Crippen LogP contribution is 2.13. The zero-order valence-corrected chi connectivity index (χ0v) is 10.1. The largest absolute Gasteiger partial charge is 0.398 e. The summed E-state index contributed by atoms with van der Waals surface area (Å²) in [5.41, 5.74) is 9.13. The van der Waals surface area contributed by atoms with E-state index in [2.05, 4.69) is 23.3 Å². The van der Waals surface area contributed by atoms with E-state index < -0.39 is 0 Å². The van der Waals surface area contributed by atoms with Crippen molar-refractivity contribution in [3.63, 3.8) is 0 Å². The molecule has 0 spiro atoms. The molecule has 0 unspecified atom stereocenters. The quantitative estimate of drug-likeness (QED) is 0.797. The Labute approximate surface area is 99.3 Å². The van der Waals surface area contributed by atoms with Crippen molar-refractivity contribution in [1.29, 1.82) is 0 Å². The van der Waals surface area contributed by atoms with Crippen molar-refractivity contribution in [2.75, 3.05) is 5.73 Å². The number of nitrogens with one attached hydrogen (secondary N) is 1. The van der Waals surface area contributed by atoms with Crippen LogP contribution in [-0.4, -0.2) is 4.98 Å². The van der Waals surface area contributed by atoms with Crippen LogP contribution >= 0.6 is 11.3 Å². The fourth-order valence-corrected chi connectivity index (χ4v) is 2.12. The van der Waals surface area contributed by atoms with Gasteiger partial charge in [-0.2, -0.15) is 0 Å². The van der Waals surface area contributed by atoms with Gasteiger partial charge in [0.2, 0.25) is 0 Å². The second kappa shape index (κ2) is 5.09. The number of aryl methyl sites for hydroxylation is 1. The molecule has 16 heavy (non-hydrogen) atoms. The Morgan fingerprint density at radius 3 is 3.00 bits per heavy atom. The summed E-state index contributed by atoms with van der Waals surface area (Å²) in [6.45, 7) is 3.65. The number of anilines is 1. The molecule has 84 valence electrons. The van der Waals surface area contributed by atoms with Crippen LogP contribution in [0.2, 0.25) is 0 Å². The molecule has 0 saturated carbocycles. The minimum absolute atomic E-state index is 0.785. The van der Waals surface area contributed by atoms with Gasteiger partial charge in [-0.25, -0.2) is 4.98 Å². The van der Waals surface area contributed by atoms with Gasteiger partial charge in [-0.1, -0.05) is 17.7 Å². The van der Waals surface area contributed by atoms with E-state index in [1.54, 1.807) is 11.3 Å². The maximum absolute atomic E-state index is 5.90. The number of nitrogens with zero attached hydrogens (tertiary/aromatic N) is 1. The molecule has 1 heterocycles. The highest BCUT2D eigenvalue weighted by Gasteiger charge is 2.00. The third-order valence-electron chi connectivity index (χ3n) is 2.37.